The third-order valence-electron chi connectivity index (χ3n) is 2.62. The van der Waals surface area contributed by atoms with Crippen LogP contribution in [0, 0.1) is 6.92 Å². The summed E-state index contributed by atoms with van der Waals surface area (Å²) in [6.45, 7) is 1.87. The highest BCUT2D eigenvalue weighted by molar-refractivity contribution is 6.05. The minimum Gasteiger partial charge on any atom is -0.480 e. The van der Waals surface area contributed by atoms with Crippen molar-refractivity contribution in [1.29, 1.82) is 0 Å². The fourth-order valence-electron chi connectivity index (χ4n) is 1.60. The smallest absolute Gasteiger partial charge is 0.410 e. The molecule has 5 N–H and O–H groups in total. The molecule has 22 heavy (non-hydrogen) atoms. The summed E-state index contributed by atoms with van der Waals surface area (Å²) in [7, 11) is 0. The van der Waals surface area contributed by atoms with Crippen molar-refractivity contribution in [3.05, 3.63) is 23.9 Å². The molecule has 118 valence electrons. The SMILES string of the molecule is Cc1ccnc(NC(=O)O)c1.NC(=O)N1C(=O)CC1C(=O)O. The zero-order valence-electron chi connectivity index (χ0n) is 11.5. The zero-order chi connectivity index (χ0) is 16.9. The van der Waals surface area contributed by atoms with Gasteiger partial charge in [0.25, 0.3) is 0 Å². The molecule has 1 aromatic heterocycles. The summed E-state index contributed by atoms with van der Waals surface area (Å²) in [6, 6.07) is 1.40. The largest absolute Gasteiger partial charge is 0.480 e. The third kappa shape index (κ3) is 4.44. The van der Waals surface area contributed by atoms with Gasteiger partial charge in [-0.1, -0.05) is 0 Å². The number of primary amides is 1. The van der Waals surface area contributed by atoms with Gasteiger partial charge >= 0.3 is 18.1 Å². The van der Waals surface area contributed by atoms with Crippen LogP contribution in [0.3, 0.4) is 0 Å². The highest BCUT2D eigenvalue weighted by Crippen LogP contribution is 2.18. The highest BCUT2D eigenvalue weighted by atomic mass is 16.4. The molecule has 0 aliphatic carbocycles. The van der Waals surface area contributed by atoms with Crippen molar-refractivity contribution >= 4 is 29.8 Å². The lowest BCUT2D eigenvalue weighted by Crippen LogP contribution is -2.60. The van der Waals surface area contributed by atoms with Crippen LogP contribution in [-0.4, -0.2) is 50.1 Å². The van der Waals surface area contributed by atoms with Crippen molar-refractivity contribution < 1.29 is 29.4 Å². The average molecular weight is 310 g/mol. The number of carbonyl (C=O) groups excluding carboxylic acids is 2. The molecular formula is C12H14N4O6. The second kappa shape index (κ2) is 7.02. The molecule has 2 heterocycles. The molecule has 1 atom stereocenters. The lowest BCUT2D eigenvalue weighted by molar-refractivity contribution is -0.157. The number of imide groups is 1. The summed E-state index contributed by atoms with van der Waals surface area (Å²) in [6.07, 6.45) is 0.321. The quantitative estimate of drug-likeness (QED) is 0.568. The van der Waals surface area contributed by atoms with Gasteiger partial charge in [-0.2, -0.15) is 0 Å². The normalized spacial score (nSPS) is 16.0. The van der Waals surface area contributed by atoms with Crippen molar-refractivity contribution in [3.63, 3.8) is 0 Å². The Morgan fingerprint density at radius 2 is 2.05 bits per heavy atom. The zero-order valence-corrected chi connectivity index (χ0v) is 11.5. The fourth-order valence-corrected chi connectivity index (χ4v) is 1.60. The van der Waals surface area contributed by atoms with Gasteiger partial charge in [-0.05, 0) is 24.6 Å². The third-order valence-corrected chi connectivity index (χ3v) is 2.62. The van der Waals surface area contributed by atoms with Crippen LogP contribution in [0.15, 0.2) is 18.3 Å². The van der Waals surface area contributed by atoms with Crippen LogP contribution >= 0.6 is 0 Å². The number of carbonyl (C=O) groups is 4. The first-order valence-electron chi connectivity index (χ1n) is 5.99. The van der Waals surface area contributed by atoms with Gasteiger partial charge < -0.3 is 15.9 Å². The predicted molar refractivity (Wildman–Crippen MR) is 73.1 cm³/mol. The van der Waals surface area contributed by atoms with Crippen LogP contribution < -0.4 is 11.1 Å². The molecule has 0 saturated carbocycles. The van der Waals surface area contributed by atoms with Crippen molar-refractivity contribution in [2.24, 2.45) is 5.73 Å². The van der Waals surface area contributed by atoms with E-state index in [4.69, 9.17) is 15.9 Å². The summed E-state index contributed by atoms with van der Waals surface area (Å²) >= 11 is 0. The topological polar surface area (TPSA) is 163 Å². The average Bonchev–Trinajstić information content (AvgIpc) is 2.34. The van der Waals surface area contributed by atoms with Crippen LogP contribution in [0.4, 0.5) is 15.4 Å². The van der Waals surface area contributed by atoms with E-state index in [1.54, 1.807) is 18.3 Å². The van der Waals surface area contributed by atoms with Crippen LogP contribution in [0.1, 0.15) is 12.0 Å². The minimum absolute atomic E-state index is 0.141. The van der Waals surface area contributed by atoms with Crippen molar-refractivity contribution in [2.45, 2.75) is 19.4 Å². The molecular weight excluding hydrogens is 296 g/mol. The van der Waals surface area contributed by atoms with Crippen molar-refractivity contribution in [1.82, 2.24) is 9.88 Å². The number of hydrogen-bond acceptors (Lipinski definition) is 5. The standard InChI is InChI=1S/C7H8N2O2.C5H6N2O4/c1-5-2-3-8-6(4-5)9-7(10)11;6-5(11)7-2(4(9)10)1-3(7)8/h2-4H,1H3,(H,8,9)(H,10,11);2H,1H2,(H2,6,11)(H,9,10). The minimum atomic E-state index is -1.21. The second-order valence-electron chi connectivity index (χ2n) is 4.31. The molecule has 1 unspecified atom stereocenters. The van der Waals surface area contributed by atoms with Crippen LogP contribution in [-0.2, 0) is 9.59 Å². The maximum Gasteiger partial charge on any atom is 0.410 e. The Hall–Kier alpha value is -3.17. The van der Waals surface area contributed by atoms with Gasteiger partial charge in [-0.3, -0.25) is 10.1 Å². The Morgan fingerprint density at radius 3 is 2.41 bits per heavy atom. The molecule has 2 rings (SSSR count). The number of likely N-dealkylation sites (tertiary alicyclic amines) is 1. The summed E-state index contributed by atoms with van der Waals surface area (Å²) in [5.74, 6) is -1.38. The number of aliphatic carboxylic acids is 1. The number of carboxylic acid groups (broad SMARTS) is 2. The van der Waals surface area contributed by atoms with E-state index >= 15 is 0 Å². The number of urea groups is 1. The molecule has 1 aliphatic rings. The summed E-state index contributed by atoms with van der Waals surface area (Å²) < 4.78 is 0. The number of aryl methyl sites for hydroxylation is 1. The maximum absolute atomic E-state index is 10.5. The Bertz CT molecular complexity index is 609. The number of amides is 4. The maximum atomic E-state index is 10.5. The van der Waals surface area contributed by atoms with Crippen molar-refractivity contribution in [2.75, 3.05) is 5.32 Å². The molecule has 1 aliphatic heterocycles. The van der Waals surface area contributed by atoms with E-state index in [1.165, 1.54) is 0 Å². The van der Waals surface area contributed by atoms with Crippen LogP contribution in [0.5, 0.6) is 0 Å². The summed E-state index contributed by atoms with van der Waals surface area (Å²) in [5.41, 5.74) is 5.69. The van der Waals surface area contributed by atoms with E-state index in [1.807, 2.05) is 6.92 Å². The van der Waals surface area contributed by atoms with E-state index in [0.29, 0.717) is 10.7 Å². The van der Waals surface area contributed by atoms with E-state index < -0.39 is 30.0 Å². The number of β-lactam (4-membered cyclic amide) rings is 1. The van der Waals surface area contributed by atoms with E-state index in [9.17, 15) is 19.2 Å². The number of anilines is 1. The van der Waals surface area contributed by atoms with Gasteiger partial charge in [0.15, 0.2) is 0 Å². The predicted octanol–water partition coefficient (Wildman–Crippen LogP) is 0.231. The number of rotatable bonds is 2. The number of nitrogens with zero attached hydrogens (tertiary/aromatic N) is 2. The monoisotopic (exact) mass is 310 g/mol. The number of nitrogens with two attached hydrogens (primary N) is 1. The molecule has 4 amide bonds. The molecule has 0 aromatic carbocycles. The van der Waals surface area contributed by atoms with Gasteiger partial charge in [0, 0.05) is 6.20 Å². The first-order chi connectivity index (χ1) is 10.2. The molecule has 10 heteroatoms. The Kier molecular flexibility index (Phi) is 5.38. The Labute approximate surface area is 124 Å². The Balaban J connectivity index is 0.000000220. The fraction of sp³-hybridized carbons (Fsp3) is 0.250. The van der Waals surface area contributed by atoms with E-state index in [-0.39, 0.29) is 6.42 Å². The number of carboxylic acids is 1. The van der Waals surface area contributed by atoms with E-state index in [2.05, 4.69) is 10.3 Å². The molecule has 0 radical (unpaired) electrons. The highest BCUT2D eigenvalue weighted by Gasteiger charge is 2.44. The van der Waals surface area contributed by atoms with Crippen molar-refractivity contribution in [3.8, 4) is 0 Å². The van der Waals surface area contributed by atoms with Gasteiger partial charge in [0.05, 0.1) is 6.42 Å². The molecule has 1 saturated heterocycles. The molecule has 0 bridgehead atoms. The van der Waals surface area contributed by atoms with E-state index in [0.717, 1.165) is 5.56 Å². The molecule has 0 spiro atoms. The van der Waals surface area contributed by atoms with Crippen LogP contribution in [0.2, 0.25) is 0 Å². The number of aromatic nitrogens is 1. The molecule has 1 aromatic rings. The summed E-state index contributed by atoms with van der Waals surface area (Å²) in [5, 5.41) is 18.8. The van der Waals surface area contributed by atoms with Gasteiger partial charge in [-0.25, -0.2) is 24.3 Å². The van der Waals surface area contributed by atoms with Crippen LogP contribution in [0.25, 0.3) is 0 Å². The number of pyridine rings is 1. The second-order valence-corrected chi connectivity index (χ2v) is 4.31. The number of hydrogen-bond donors (Lipinski definition) is 4. The number of nitrogens with one attached hydrogen (secondary N) is 1. The Morgan fingerprint density at radius 1 is 1.41 bits per heavy atom. The lowest BCUT2D eigenvalue weighted by atomic mass is 10.0. The van der Waals surface area contributed by atoms with Gasteiger partial charge in [0.2, 0.25) is 5.91 Å². The van der Waals surface area contributed by atoms with Gasteiger partial charge in [0.1, 0.15) is 11.9 Å². The lowest BCUT2D eigenvalue weighted by Gasteiger charge is -2.33. The first-order valence-corrected chi connectivity index (χ1v) is 5.99. The molecule has 10 nitrogen and oxygen atoms in total. The molecule has 1 fully saturated rings. The summed E-state index contributed by atoms with van der Waals surface area (Å²) in [4.78, 5) is 45.6. The van der Waals surface area contributed by atoms with Gasteiger partial charge in [-0.15, -0.1) is 0 Å². The first kappa shape index (κ1) is 16.9.